The summed E-state index contributed by atoms with van der Waals surface area (Å²) < 4.78 is 11.2. The lowest BCUT2D eigenvalue weighted by Crippen LogP contribution is -2.35. The highest BCUT2D eigenvalue weighted by Crippen LogP contribution is 2.35. The molecule has 0 saturated carbocycles. The Hall–Kier alpha value is -2.14. The number of fused-ring (bicyclic) bond motifs is 1. The van der Waals surface area contributed by atoms with Crippen LogP contribution in [0.1, 0.15) is 5.56 Å². The number of carbonyl (C=O) groups is 1. The molecule has 0 radical (unpaired) electrons. The highest BCUT2D eigenvalue weighted by molar-refractivity contribution is 8.00. The Morgan fingerprint density at radius 2 is 2.08 bits per heavy atom. The molecular formula is C19H21NO3S. The molecule has 2 aromatic rings. The van der Waals surface area contributed by atoms with Gasteiger partial charge in [0.25, 0.3) is 0 Å². The third kappa shape index (κ3) is 4.23. The van der Waals surface area contributed by atoms with E-state index in [1.165, 1.54) is 0 Å². The standard InChI is InChI=1S/C19H21NO3S/c1-22-17-9-5-6-15-10-14(12-23-19(15)17)11-20-18(21)13-24-16-7-3-2-4-8-16/h2-9,14H,10-13H2,1H3,(H,20,21)/t14-/m1/s1. The smallest absolute Gasteiger partial charge is 0.230 e. The molecule has 1 aliphatic rings. The number of benzene rings is 2. The van der Waals surface area contributed by atoms with E-state index in [4.69, 9.17) is 9.47 Å². The molecule has 3 rings (SSSR count). The number of nitrogens with one attached hydrogen (secondary N) is 1. The van der Waals surface area contributed by atoms with Gasteiger partial charge in [-0.3, -0.25) is 4.79 Å². The van der Waals surface area contributed by atoms with E-state index in [0.717, 1.165) is 28.4 Å². The fraction of sp³-hybridized carbons (Fsp3) is 0.316. The minimum absolute atomic E-state index is 0.0558. The molecule has 24 heavy (non-hydrogen) atoms. The van der Waals surface area contributed by atoms with E-state index >= 15 is 0 Å². The van der Waals surface area contributed by atoms with Crippen molar-refractivity contribution in [3.05, 3.63) is 54.1 Å². The third-order valence-electron chi connectivity index (χ3n) is 3.95. The largest absolute Gasteiger partial charge is 0.493 e. The fourth-order valence-corrected chi connectivity index (χ4v) is 3.47. The Bertz CT molecular complexity index is 690. The maximum Gasteiger partial charge on any atom is 0.230 e. The molecule has 1 aliphatic heterocycles. The van der Waals surface area contributed by atoms with Crippen molar-refractivity contribution in [2.45, 2.75) is 11.3 Å². The van der Waals surface area contributed by atoms with Crippen molar-refractivity contribution in [3.8, 4) is 11.5 Å². The number of rotatable bonds is 6. The van der Waals surface area contributed by atoms with Crippen LogP contribution in [0.5, 0.6) is 11.5 Å². The van der Waals surface area contributed by atoms with Crippen LogP contribution in [0.2, 0.25) is 0 Å². The Morgan fingerprint density at radius 1 is 1.25 bits per heavy atom. The number of ether oxygens (including phenoxy) is 2. The van der Waals surface area contributed by atoms with Crippen molar-refractivity contribution in [2.75, 3.05) is 26.0 Å². The molecule has 0 saturated heterocycles. The van der Waals surface area contributed by atoms with E-state index in [9.17, 15) is 4.79 Å². The molecule has 1 heterocycles. The topological polar surface area (TPSA) is 47.6 Å². The molecule has 126 valence electrons. The quantitative estimate of drug-likeness (QED) is 0.819. The lowest BCUT2D eigenvalue weighted by Gasteiger charge is -2.26. The van der Waals surface area contributed by atoms with Crippen LogP contribution in [0.4, 0.5) is 0 Å². The van der Waals surface area contributed by atoms with Crippen LogP contribution >= 0.6 is 11.8 Å². The lowest BCUT2D eigenvalue weighted by atomic mass is 9.96. The van der Waals surface area contributed by atoms with Gasteiger partial charge in [0, 0.05) is 17.4 Å². The van der Waals surface area contributed by atoms with Gasteiger partial charge in [0.15, 0.2) is 11.5 Å². The SMILES string of the molecule is COc1cccc2c1OC[C@@H](CNC(=O)CSc1ccccc1)C2. The maximum atomic E-state index is 12.0. The second-order valence-electron chi connectivity index (χ2n) is 5.74. The van der Waals surface area contributed by atoms with Gasteiger partial charge < -0.3 is 14.8 Å². The number of para-hydroxylation sites is 1. The highest BCUT2D eigenvalue weighted by atomic mass is 32.2. The summed E-state index contributed by atoms with van der Waals surface area (Å²) in [5.74, 6) is 2.38. The molecule has 0 spiro atoms. The number of carbonyl (C=O) groups excluding carboxylic acids is 1. The second kappa shape index (κ2) is 8.11. The monoisotopic (exact) mass is 343 g/mol. The molecule has 0 aliphatic carbocycles. The summed E-state index contributed by atoms with van der Waals surface area (Å²) in [7, 11) is 1.65. The van der Waals surface area contributed by atoms with Crippen LogP contribution in [0.25, 0.3) is 0 Å². The number of thioether (sulfide) groups is 1. The van der Waals surface area contributed by atoms with E-state index in [1.807, 2.05) is 42.5 Å². The minimum Gasteiger partial charge on any atom is -0.493 e. The summed E-state index contributed by atoms with van der Waals surface area (Å²) in [4.78, 5) is 13.1. The van der Waals surface area contributed by atoms with E-state index in [1.54, 1.807) is 18.9 Å². The zero-order valence-electron chi connectivity index (χ0n) is 13.7. The molecule has 2 aromatic carbocycles. The van der Waals surface area contributed by atoms with Gasteiger partial charge in [-0.2, -0.15) is 0 Å². The summed E-state index contributed by atoms with van der Waals surface area (Å²) in [6.45, 7) is 1.23. The molecular weight excluding hydrogens is 322 g/mol. The number of amides is 1. The van der Waals surface area contributed by atoms with Crippen molar-refractivity contribution in [1.29, 1.82) is 0 Å². The summed E-state index contributed by atoms with van der Waals surface area (Å²) in [6, 6.07) is 15.9. The minimum atomic E-state index is 0.0558. The van der Waals surface area contributed by atoms with Crippen molar-refractivity contribution in [1.82, 2.24) is 5.32 Å². The van der Waals surface area contributed by atoms with Crippen molar-refractivity contribution in [2.24, 2.45) is 5.92 Å². The van der Waals surface area contributed by atoms with Crippen LogP contribution in [0.15, 0.2) is 53.4 Å². The molecule has 0 unspecified atom stereocenters. The van der Waals surface area contributed by atoms with Crippen LogP contribution in [-0.2, 0) is 11.2 Å². The Kier molecular flexibility index (Phi) is 5.64. The molecule has 0 fully saturated rings. The number of hydrogen-bond donors (Lipinski definition) is 1. The van der Waals surface area contributed by atoms with Gasteiger partial charge in [0.1, 0.15) is 0 Å². The predicted octanol–water partition coefficient (Wildman–Crippen LogP) is 3.15. The maximum absolute atomic E-state index is 12.0. The van der Waals surface area contributed by atoms with Crippen molar-refractivity contribution in [3.63, 3.8) is 0 Å². The van der Waals surface area contributed by atoms with Gasteiger partial charge in [0.05, 0.1) is 19.5 Å². The van der Waals surface area contributed by atoms with E-state index < -0.39 is 0 Å². The average Bonchev–Trinajstić information content (AvgIpc) is 2.64. The van der Waals surface area contributed by atoms with Gasteiger partial charge in [-0.15, -0.1) is 11.8 Å². The summed E-state index contributed by atoms with van der Waals surface area (Å²) >= 11 is 1.55. The summed E-state index contributed by atoms with van der Waals surface area (Å²) in [6.07, 6.45) is 0.888. The van der Waals surface area contributed by atoms with Gasteiger partial charge in [0.2, 0.25) is 5.91 Å². The molecule has 1 atom stereocenters. The first kappa shape index (κ1) is 16.7. The first-order valence-electron chi connectivity index (χ1n) is 7.99. The molecule has 0 bridgehead atoms. The number of methoxy groups -OCH3 is 1. The first-order valence-corrected chi connectivity index (χ1v) is 8.98. The summed E-state index contributed by atoms with van der Waals surface area (Å²) in [5, 5.41) is 3.01. The molecule has 0 aromatic heterocycles. The van der Waals surface area contributed by atoms with Gasteiger partial charge in [-0.1, -0.05) is 30.3 Å². The van der Waals surface area contributed by atoms with Crippen LogP contribution < -0.4 is 14.8 Å². The van der Waals surface area contributed by atoms with Gasteiger partial charge >= 0.3 is 0 Å². The van der Waals surface area contributed by atoms with Crippen molar-refractivity contribution >= 4 is 17.7 Å². The average molecular weight is 343 g/mol. The van der Waals surface area contributed by atoms with Crippen LogP contribution in [0.3, 0.4) is 0 Å². The second-order valence-corrected chi connectivity index (χ2v) is 6.78. The van der Waals surface area contributed by atoms with Gasteiger partial charge in [-0.05, 0) is 30.2 Å². The zero-order chi connectivity index (χ0) is 16.8. The van der Waals surface area contributed by atoms with E-state index in [2.05, 4.69) is 11.4 Å². The molecule has 1 amide bonds. The van der Waals surface area contributed by atoms with Crippen LogP contribution in [-0.4, -0.2) is 31.9 Å². The van der Waals surface area contributed by atoms with E-state index in [-0.39, 0.29) is 11.8 Å². The Morgan fingerprint density at radius 3 is 2.88 bits per heavy atom. The Labute approximate surface area is 146 Å². The normalized spacial score (nSPS) is 16.0. The molecule has 5 heteroatoms. The van der Waals surface area contributed by atoms with Crippen molar-refractivity contribution < 1.29 is 14.3 Å². The summed E-state index contributed by atoms with van der Waals surface area (Å²) in [5.41, 5.74) is 1.14. The van der Waals surface area contributed by atoms with Gasteiger partial charge in [-0.25, -0.2) is 0 Å². The molecule has 1 N–H and O–H groups in total. The van der Waals surface area contributed by atoms with Crippen LogP contribution in [0, 0.1) is 5.92 Å². The molecule has 4 nitrogen and oxygen atoms in total. The lowest BCUT2D eigenvalue weighted by molar-refractivity contribution is -0.118. The third-order valence-corrected chi connectivity index (χ3v) is 4.97. The predicted molar refractivity (Wildman–Crippen MR) is 95.9 cm³/mol. The first-order chi connectivity index (χ1) is 11.8. The fourth-order valence-electron chi connectivity index (χ4n) is 2.72. The van der Waals surface area contributed by atoms with E-state index in [0.29, 0.717) is 18.9 Å². The zero-order valence-corrected chi connectivity index (χ0v) is 14.5. The number of hydrogen-bond acceptors (Lipinski definition) is 4. The highest BCUT2D eigenvalue weighted by Gasteiger charge is 2.22. The Balaban J connectivity index is 1.46.